The fourth-order valence-corrected chi connectivity index (χ4v) is 1.08. The highest BCUT2D eigenvalue weighted by Gasteiger charge is 2.07. The van der Waals surface area contributed by atoms with E-state index < -0.39 is 5.97 Å². The Labute approximate surface area is 102 Å². The minimum Gasteiger partial charge on any atom is -0.480 e. The summed E-state index contributed by atoms with van der Waals surface area (Å²) in [6.45, 7) is 5.10. The summed E-state index contributed by atoms with van der Waals surface area (Å²) >= 11 is 0. The molecular weight excluding hydrogens is 224 g/mol. The first-order chi connectivity index (χ1) is 7.93. The summed E-state index contributed by atoms with van der Waals surface area (Å²) in [6, 6.07) is -0.162. The largest absolute Gasteiger partial charge is 0.480 e. The van der Waals surface area contributed by atoms with Crippen LogP contribution in [-0.4, -0.2) is 55.4 Å². The fraction of sp³-hybridized carbons (Fsp3) is 0.818. The molecule has 0 aromatic carbocycles. The molecule has 2 amide bonds. The monoisotopic (exact) mass is 246 g/mol. The van der Waals surface area contributed by atoms with Gasteiger partial charge in [0.2, 0.25) is 0 Å². The van der Waals surface area contributed by atoms with E-state index in [4.69, 9.17) is 9.84 Å². The molecule has 0 spiro atoms. The van der Waals surface area contributed by atoms with Crippen LogP contribution in [0, 0.1) is 5.92 Å². The quantitative estimate of drug-likeness (QED) is 0.620. The van der Waals surface area contributed by atoms with Crippen molar-refractivity contribution in [1.29, 1.82) is 0 Å². The van der Waals surface area contributed by atoms with Crippen LogP contribution in [0.15, 0.2) is 0 Å². The van der Waals surface area contributed by atoms with Gasteiger partial charge in [0.05, 0.1) is 6.61 Å². The number of nitrogens with zero attached hydrogens (tertiary/aromatic N) is 1. The zero-order chi connectivity index (χ0) is 13.3. The van der Waals surface area contributed by atoms with Gasteiger partial charge in [0, 0.05) is 20.1 Å². The molecule has 0 aliphatic rings. The third-order valence-corrected chi connectivity index (χ3v) is 2.14. The normalized spacial score (nSPS) is 10.4. The zero-order valence-corrected chi connectivity index (χ0v) is 10.7. The molecule has 0 saturated carbocycles. The SMILES string of the molecule is CC(C)CCN(C)C(=O)NCCOCC(=O)O. The third kappa shape index (κ3) is 9.62. The second-order valence-electron chi connectivity index (χ2n) is 4.28. The first-order valence-corrected chi connectivity index (χ1v) is 5.72. The number of rotatable bonds is 8. The smallest absolute Gasteiger partial charge is 0.329 e. The van der Waals surface area contributed by atoms with Crippen molar-refractivity contribution in [2.75, 3.05) is 33.4 Å². The van der Waals surface area contributed by atoms with Gasteiger partial charge < -0.3 is 20.1 Å². The Hall–Kier alpha value is -1.30. The molecule has 2 N–H and O–H groups in total. The van der Waals surface area contributed by atoms with Crippen LogP contribution < -0.4 is 5.32 Å². The van der Waals surface area contributed by atoms with Gasteiger partial charge in [-0.15, -0.1) is 0 Å². The van der Waals surface area contributed by atoms with Crippen molar-refractivity contribution in [3.8, 4) is 0 Å². The van der Waals surface area contributed by atoms with Gasteiger partial charge in [-0.05, 0) is 12.3 Å². The van der Waals surface area contributed by atoms with Gasteiger partial charge in [-0.25, -0.2) is 9.59 Å². The Morgan fingerprint density at radius 1 is 1.41 bits per heavy atom. The maximum absolute atomic E-state index is 11.5. The Morgan fingerprint density at radius 2 is 2.06 bits per heavy atom. The van der Waals surface area contributed by atoms with Crippen molar-refractivity contribution in [1.82, 2.24) is 10.2 Å². The van der Waals surface area contributed by atoms with Crippen molar-refractivity contribution in [3.63, 3.8) is 0 Å². The van der Waals surface area contributed by atoms with Crippen LogP contribution in [0.25, 0.3) is 0 Å². The van der Waals surface area contributed by atoms with Crippen LogP contribution in [0.3, 0.4) is 0 Å². The highest BCUT2D eigenvalue weighted by Crippen LogP contribution is 2.00. The summed E-state index contributed by atoms with van der Waals surface area (Å²) in [6.07, 6.45) is 0.958. The number of hydrogen-bond acceptors (Lipinski definition) is 3. The number of carbonyl (C=O) groups excluding carboxylic acids is 1. The van der Waals surface area contributed by atoms with Gasteiger partial charge in [0.1, 0.15) is 6.61 Å². The second-order valence-corrected chi connectivity index (χ2v) is 4.28. The van der Waals surface area contributed by atoms with E-state index in [-0.39, 0.29) is 19.2 Å². The molecule has 0 unspecified atom stereocenters. The number of amides is 2. The highest BCUT2D eigenvalue weighted by molar-refractivity contribution is 5.73. The Balaban J connectivity index is 3.53. The van der Waals surface area contributed by atoms with Crippen molar-refractivity contribution in [2.24, 2.45) is 5.92 Å². The lowest BCUT2D eigenvalue weighted by Gasteiger charge is -2.18. The summed E-state index contributed by atoms with van der Waals surface area (Å²) < 4.78 is 4.79. The summed E-state index contributed by atoms with van der Waals surface area (Å²) in [4.78, 5) is 23.2. The van der Waals surface area contributed by atoms with Gasteiger partial charge >= 0.3 is 12.0 Å². The molecule has 0 rings (SSSR count). The number of hydrogen-bond donors (Lipinski definition) is 2. The van der Waals surface area contributed by atoms with E-state index in [0.717, 1.165) is 6.42 Å². The van der Waals surface area contributed by atoms with Gasteiger partial charge in [-0.3, -0.25) is 0 Å². The lowest BCUT2D eigenvalue weighted by molar-refractivity contribution is -0.142. The molecule has 0 aliphatic heterocycles. The van der Waals surface area contributed by atoms with Gasteiger partial charge in [-0.2, -0.15) is 0 Å². The number of ether oxygens (including phenoxy) is 1. The Kier molecular flexibility index (Phi) is 8.13. The lowest BCUT2D eigenvalue weighted by Crippen LogP contribution is -2.39. The molecule has 17 heavy (non-hydrogen) atoms. The number of carboxylic acid groups (broad SMARTS) is 1. The zero-order valence-electron chi connectivity index (χ0n) is 10.7. The average Bonchev–Trinajstić information content (AvgIpc) is 2.24. The Bertz CT molecular complexity index is 244. The Morgan fingerprint density at radius 3 is 2.59 bits per heavy atom. The van der Waals surface area contributed by atoms with Crippen LogP contribution in [0.1, 0.15) is 20.3 Å². The highest BCUT2D eigenvalue weighted by atomic mass is 16.5. The van der Waals surface area contributed by atoms with E-state index >= 15 is 0 Å². The maximum atomic E-state index is 11.5. The first kappa shape index (κ1) is 15.7. The molecule has 0 saturated heterocycles. The third-order valence-electron chi connectivity index (χ3n) is 2.14. The van der Waals surface area contributed by atoms with Gasteiger partial charge in [0.15, 0.2) is 0 Å². The molecule has 100 valence electrons. The molecule has 0 radical (unpaired) electrons. The van der Waals surface area contributed by atoms with E-state index in [1.165, 1.54) is 0 Å². The van der Waals surface area contributed by atoms with Crippen molar-refractivity contribution >= 4 is 12.0 Å². The lowest BCUT2D eigenvalue weighted by atomic mass is 10.1. The van der Waals surface area contributed by atoms with Crippen molar-refractivity contribution < 1.29 is 19.4 Å². The molecule has 0 atom stereocenters. The summed E-state index contributed by atoms with van der Waals surface area (Å²) in [7, 11) is 1.73. The van der Waals surface area contributed by atoms with E-state index in [0.29, 0.717) is 19.0 Å². The topological polar surface area (TPSA) is 78.9 Å². The molecule has 0 heterocycles. The molecule has 0 fully saturated rings. The number of carbonyl (C=O) groups is 2. The van der Waals surface area contributed by atoms with Crippen LogP contribution in [-0.2, 0) is 9.53 Å². The molecule has 0 aromatic heterocycles. The van der Waals surface area contributed by atoms with Gasteiger partial charge in [0.25, 0.3) is 0 Å². The summed E-state index contributed by atoms with van der Waals surface area (Å²) in [5, 5.41) is 11.0. The predicted octanol–water partition coefficient (Wildman–Crippen LogP) is 0.775. The fourth-order valence-electron chi connectivity index (χ4n) is 1.08. The second kappa shape index (κ2) is 8.81. The van der Waals surface area contributed by atoms with E-state index in [1.807, 2.05) is 0 Å². The number of aliphatic carboxylic acids is 1. The molecular formula is C11H22N2O4. The maximum Gasteiger partial charge on any atom is 0.329 e. The first-order valence-electron chi connectivity index (χ1n) is 5.72. The van der Waals surface area contributed by atoms with Crippen LogP contribution in [0.4, 0.5) is 4.79 Å². The van der Waals surface area contributed by atoms with Gasteiger partial charge in [-0.1, -0.05) is 13.8 Å². The molecule has 6 nitrogen and oxygen atoms in total. The van der Waals surface area contributed by atoms with Crippen molar-refractivity contribution in [2.45, 2.75) is 20.3 Å². The van der Waals surface area contributed by atoms with E-state index in [2.05, 4.69) is 19.2 Å². The standard InChI is InChI=1S/C11H22N2O4/c1-9(2)4-6-13(3)11(16)12-5-7-17-8-10(14)15/h9H,4-8H2,1-3H3,(H,12,16)(H,14,15). The summed E-state index contributed by atoms with van der Waals surface area (Å²) in [5.41, 5.74) is 0. The number of nitrogens with one attached hydrogen (secondary N) is 1. The van der Waals surface area contributed by atoms with Crippen molar-refractivity contribution in [3.05, 3.63) is 0 Å². The predicted molar refractivity (Wildman–Crippen MR) is 63.9 cm³/mol. The van der Waals surface area contributed by atoms with Crippen LogP contribution in [0.2, 0.25) is 0 Å². The molecule has 0 aromatic rings. The number of urea groups is 1. The molecule has 6 heteroatoms. The van der Waals surface area contributed by atoms with Crippen LogP contribution >= 0.6 is 0 Å². The van der Waals surface area contributed by atoms with Crippen LogP contribution in [0.5, 0.6) is 0 Å². The molecule has 0 aliphatic carbocycles. The van der Waals surface area contributed by atoms with E-state index in [1.54, 1.807) is 11.9 Å². The minimum atomic E-state index is -1.01. The number of carboxylic acids is 1. The summed E-state index contributed by atoms with van der Waals surface area (Å²) in [5.74, 6) is -0.450. The van der Waals surface area contributed by atoms with E-state index in [9.17, 15) is 9.59 Å². The average molecular weight is 246 g/mol. The molecule has 0 bridgehead atoms. The minimum absolute atomic E-state index is 0.162.